The van der Waals surface area contributed by atoms with E-state index in [1.54, 1.807) is 12.4 Å². The highest BCUT2D eigenvalue weighted by atomic mass is 15.4. The highest BCUT2D eigenvalue weighted by Crippen LogP contribution is 2.27. The zero-order chi connectivity index (χ0) is 13.6. The summed E-state index contributed by atoms with van der Waals surface area (Å²) in [5, 5.41) is 4.39. The lowest BCUT2D eigenvalue weighted by Gasteiger charge is -2.16. The molecule has 2 N–H and O–H groups in total. The van der Waals surface area contributed by atoms with Gasteiger partial charge in [-0.1, -0.05) is 0 Å². The van der Waals surface area contributed by atoms with Crippen molar-refractivity contribution in [1.29, 1.82) is 0 Å². The van der Waals surface area contributed by atoms with Crippen molar-refractivity contribution in [2.75, 3.05) is 5.73 Å². The molecule has 19 heavy (non-hydrogen) atoms. The molecule has 3 rings (SSSR count). The Bertz CT molecular complexity index is 725. The van der Waals surface area contributed by atoms with Crippen LogP contribution in [0.3, 0.4) is 0 Å². The Morgan fingerprint density at radius 2 is 1.95 bits per heavy atom. The molecule has 0 saturated carbocycles. The van der Waals surface area contributed by atoms with E-state index < -0.39 is 0 Å². The van der Waals surface area contributed by atoms with E-state index in [-0.39, 0.29) is 6.04 Å². The van der Waals surface area contributed by atoms with Crippen LogP contribution in [0.2, 0.25) is 0 Å². The SMILES string of the molecule is Cc1nn(C)c2c1nc(N)n2C(C)c1ccncc1. The second-order valence-electron chi connectivity index (χ2n) is 4.68. The summed E-state index contributed by atoms with van der Waals surface area (Å²) >= 11 is 0. The largest absolute Gasteiger partial charge is 0.369 e. The van der Waals surface area contributed by atoms with Gasteiger partial charge in [0.25, 0.3) is 0 Å². The number of pyridine rings is 1. The van der Waals surface area contributed by atoms with Gasteiger partial charge in [-0.05, 0) is 31.5 Å². The smallest absolute Gasteiger partial charge is 0.203 e. The van der Waals surface area contributed by atoms with Crippen LogP contribution in [0.4, 0.5) is 5.95 Å². The standard InChI is InChI=1S/C13H16N6/c1-8-11-12(18(3)17-8)19(13(14)16-11)9(2)10-4-6-15-7-5-10/h4-7,9H,1-3H3,(H2,14,16). The maximum Gasteiger partial charge on any atom is 0.203 e. The fraction of sp³-hybridized carbons (Fsp3) is 0.308. The molecule has 0 saturated heterocycles. The molecule has 0 radical (unpaired) electrons. The molecule has 1 unspecified atom stereocenters. The van der Waals surface area contributed by atoms with Crippen molar-refractivity contribution in [2.45, 2.75) is 19.9 Å². The van der Waals surface area contributed by atoms with Crippen LogP contribution in [-0.2, 0) is 7.05 Å². The second kappa shape index (κ2) is 4.08. The van der Waals surface area contributed by atoms with Gasteiger partial charge in [-0.15, -0.1) is 0 Å². The fourth-order valence-corrected chi connectivity index (χ4v) is 2.49. The van der Waals surface area contributed by atoms with Crippen LogP contribution in [0.5, 0.6) is 0 Å². The first-order valence-corrected chi connectivity index (χ1v) is 6.16. The van der Waals surface area contributed by atoms with Gasteiger partial charge in [0.05, 0.1) is 11.7 Å². The molecule has 0 aliphatic rings. The summed E-state index contributed by atoms with van der Waals surface area (Å²) in [5.41, 5.74) is 9.91. The van der Waals surface area contributed by atoms with Gasteiger partial charge < -0.3 is 5.73 Å². The summed E-state index contributed by atoms with van der Waals surface area (Å²) in [4.78, 5) is 8.46. The topological polar surface area (TPSA) is 74.6 Å². The third-order valence-corrected chi connectivity index (χ3v) is 3.44. The van der Waals surface area contributed by atoms with Crippen LogP contribution >= 0.6 is 0 Å². The van der Waals surface area contributed by atoms with Gasteiger partial charge in [0.15, 0.2) is 5.65 Å². The Morgan fingerprint density at radius 3 is 2.63 bits per heavy atom. The maximum absolute atomic E-state index is 6.07. The van der Waals surface area contributed by atoms with Gasteiger partial charge in [0, 0.05) is 19.4 Å². The van der Waals surface area contributed by atoms with Crippen LogP contribution < -0.4 is 5.73 Å². The number of anilines is 1. The molecule has 0 spiro atoms. The molecule has 3 aromatic rings. The van der Waals surface area contributed by atoms with E-state index in [1.807, 2.05) is 35.4 Å². The molecule has 3 aromatic heterocycles. The van der Waals surface area contributed by atoms with Gasteiger partial charge in [-0.25, -0.2) is 4.98 Å². The average Bonchev–Trinajstić information content (AvgIpc) is 2.88. The molecule has 0 fully saturated rings. The van der Waals surface area contributed by atoms with Gasteiger partial charge in [-0.2, -0.15) is 5.10 Å². The highest BCUT2D eigenvalue weighted by molar-refractivity contribution is 5.77. The number of hydrogen-bond acceptors (Lipinski definition) is 4. The molecule has 98 valence electrons. The first kappa shape index (κ1) is 11.7. The van der Waals surface area contributed by atoms with Crippen molar-refractivity contribution in [3.8, 4) is 0 Å². The fourth-order valence-electron chi connectivity index (χ4n) is 2.49. The zero-order valence-electron chi connectivity index (χ0n) is 11.2. The molecule has 1 atom stereocenters. The van der Waals surface area contributed by atoms with E-state index in [4.69, 9.17) is 5.73 Å². The minimum atomic E-state index is 0.0859. The van der Waals surface area contributed by atoms with E-state index in [0.29, 0.717) is 5.95 Å². The third-order valence-electron chi connectivity index (χ3n) is 3.44. The van der Waals surface area contributed by atoms with E-state index in [1.165, 1.54) is 0 Å². The molecule has 0 aromatic carbocycles. The molecule has 0 bridgehead atoms. The Hall–Kier alpha value is -2.37. The van der Waals surface area contributed by atoms with Crippen LogP contribution in [0.1, 0.15) is 24.2 Å². The average molecular weight is 256 g/mol. The number of aryl methyl sites for hydroxylation is 2. The van der Waals surface area contributed by atoms with Gasteiger partial charge in [0.1, 0.15) is 5.52 Å². The molecule has 0 aliphatic carbocycles. The Morgan fingerprint density at radius 1 is 1.26 bits per heavy atom. The Balaban J connectivity index is 2.22. The predicted molar refractivity (Wildman–Crippen MR) is 73.7 cm³/mol. The summed E-state index contributed by atoms with van der Waals surface area (Å²) in [6, 6.07) is 4.06. The Kier molecular flexibility index (Phi) is 2.51. The number of nitrogens with zero attached hydrogens (tertiary/aromatic N) is 5. The minimum Gasteiger partial charge on any atom is -0.369 e. The number of aromatic nitrogens is 5. The number of nitrogen functional groups attached to an aromatic ring is 1. The van der Waals surface area contributed by atoms with Crippen molar-refractivity contribution in [1.82, 2.24) is 24.3 Å². The molecule has 6 nitrogen and oxygen atoms in total. The quantitative estimate of drug-likeness (QED) is 0.756. The van der Waals surface area contributed by atoms with Crippen molar-refractivity contribution in [3.63, 3.8) is 0 Å². The van der Waals surface area contributed by atoms with Crippen LogP contribution in [-0.4, -0.2) is 24.3 Å². The number of fused-ring (bicyclic) bond motifs is 1. The van der Waals surface area contributed by atoms with Gasteiger partial charge in [-0.3, -0.25) is 14.2 Å². The van der Waals surface area contributed by atoms with Crippen molar-refractivity contribution >= 4 is 17.1 Å². The van der Waals surface area contributed by atoms with Crippen molar-refractivity contribution in [3.05, 3.63) is 35.8 Å². The van der Waals surface area contributed by atoms with E-state index in [0.717, 1.165) is 22.4 Å². The lowest BCUT2D eigenvalue weighted by molar-refractivity contribution is 0.635. The summed E-state index contributed by atoms with van der Waals surface area (Å²) in [6.45, 7) is 4.03. The number of hydrogen-bond donors (Lipinski definition) is 1. The molecule has 6 heteroatoms. The predicted octanol–water partition coefficient (Wildman–Crippen LogP) is 1.66. The highest BCUT2D eigenvalue weighted by Gasteiger charge is 2.20. The lowest BCUT2D eigenvalue weighted by Crippen LogP contribution is -2.12. The number of imidazole rings is 1. The van der Waals surface area contributed by atoms with Crippen LogP contribution in [0.15, 0.2) is 24.5 Å². The zero-order valence-corrected chi connectivity index (χ0v) is 11.2. The van der Waals surface area contributed by atoms with E-state index in [2.05, 4.69) is 22.0 Å². The van der Waals surface area contributed by atoms with Crippen LogP contribution in [0.25, 0.3) is 11.2 Å². The van der Waals surface area contributed by atoms with E-state index in [9.17, 15) is 0 Å². The number of rotatable bonds is 2. The molecule has 3 heterocycles. The van der Waals surface area contributed by atoms with Gasteiger partial charge in [0.2, 0.25) is 5.95 Å². The minimum absolute atomic E-state index is 0.0859. The van der Waals surface area contributed by atoms with Crippen molar-refractivity contribution in [2.24, 2.45) is 7.05 Å². The summed E-state index contributed by atoms with van der Waals surface area (Å²) in [5.74, 6) is 0.510. The number of nitrogens with two attached hydrogens (primary N) is 1. The van der Waals surface area contributed by atoms with E-state index >= 15 is 0 Å². The lowest BCUT2D eigenvalue weighted by atomic mass is 10.1. The summed E-state index contributed by atoms with van der Waals surface area (Å²) in [7, 11) is 1.91. The second-order valence-corrected chi connectivity index (χ2v) is 4.68. The normalized spacial score (nSPS) is 13.0. The maximum atomic E-state index is 6.07. The first-order chi connectivity index (χ1) is 9.09. The summed E-state index contributed by atoms with van der Waals surface area (Å²) < 4.78 is 3.83. The van der Waals surface area contributed by atoms with Gasteiger partial charge >= 0.3 is 0 Å². The summed E-state index contributed by atoms with van der Waals surface area (Å²) in [6.07, 6.45) is 3.56. The van der Waals surface area contributed by atoms with Crippen molar-refractivity contribution < 1.29 is 0 Å². The molecule has 0 amide bonds. The van der Waals surface area contributed by atoms with Crippen LogP contribution in [0, 0.1) is 6.92 Å². The Labute approximate surface area is 110 Å². The molecule has 0 aliphatic heterocycles. The first-order valence-electron chi connectivity index (χ1n) is 6.16. The molecular formula is C13H16N6. The third kappa shape index (κ3) is 1.68. The molecular weight excluding hydrogens is 240 g/mol. The monoisotopic (exact) mass is 256 g/mol.